The van der Waals surface area contributed by atoms with Gasteiger partial charge in [0.05, 0.1) is 0 Å². The maximum atomic E-state index is 13.3. The van der Waals surface area contributed by atoms with E-state index >= 15 is 0 Å². The summed E-state index contributed by atoms with van der Waals surface area (Å²) in [6.45, 7) is 3.42. The van der Waals surface area contributed by atoms with Gasteiger partial charge in [-0.25, -0.2) is 4.39 Å². The van der Waals surface area contributed by atoms with E-state index in [2.05, 4.69) is 11.6 Å². The highest BCUT2D eigenvalue weighted by molar-refractivity contribution is 7.87. The molecule has 0 unspecified atom stereocenters. The predicted molar refractivity (Wildman–Crippen MR) is 78.8 cm³/mol. The Balaban J connectivity index is 1.76. The van der Waals surface area contributed by atoms with Crippen LogP contribution in [0, 0.1) is 11.7 Å². The van der Waals surface area contributed by atoms with Crippen molar-refractivity contribution in [2.75, 3.05) is 26.2 Å². The standard InChI is InChI=1S/C14H21FN2O3S/c1-12-6-9-17(10-7-12)21(18,19)16-8-11-20-14-5-3-2-4-13(14)15/h2-5,12,16H,6-11H2,1H3. The first-order valence-corrected chi connectivity index (χ1v) is 8.55. The molecule has 7 heteroatoms. The lowest BCUT2D eigenvalue weighted by atomic mass is 10.0. The van der Waals surface area contributed by atoms with E-state index in [0.717, 1.165) is 12.8 Å². The van der Waals surface area contributed by atoms with Crippen molar-refractivity contribution in [3.05, 3.63) is 30.1 Å². The van der Waals surface area contributed by atoms with E-state index in [1.165, 1.54) is 16.4 Å². The van der Waals surface area contributed by atoms with Crippen molar-refractivity contribution in [3.8, 4) is 5.75 Å². The molecule has 2 rings (SSSR count). The van der Waals surface area contributed by atoms with E-state index in [9.17, 15) is 12.8 Å². The van der Waals surface area contributed by atoms with Gasteiger partial charge in [0.2, 0.25) is 0 Å². The molecule has 1 aliphatic rings. The van der Waals surface area contributed by atoms with Gasteiger partial charge in [-0.2, -0.15) is 17.4 Å². The molecule has 1 heterocycles. The van der Waals surface area contributed by atoms with Crippen LogP contribution in [0.1, 0.15) is 19.8 Å². The molecule has 0 spiro atoms. The van der Waals surface area contributed by atoms with Crippen molar-refractivity contribution in [1.82, 2.24) is 9.03 Å². The molecule has 21 heavy (non-hydrogen) atoms. The molecule has 1 saturated heterocycles. The molecular weight excluding hydrogens is 295 g/mol. The fraction of sp³-hybridized carbons (Fsp3) is 0.571. The quantitative estimate of drug-likeness (QED) is 0.814. The molecule has 0 saturated carbocycles. The fourth-order valence-corrected chi connectivity index (χ4v) is 3.43. The average molecular weight is 316 g/mol. The largest absolute Gasteiger partial charge is 0.489 e. The minimum atomic E-state index is -3.46. The van der Waals surface area contributed by atoms with Gasteiger partial charge >= 0.3 is 0 Å². The van der Waals surface area contributed by atoms with Crippen LogP contribution in [-0.4, -0.2) is 39.0 Å². The first-order chi connectivity index (χ1) is 9.99. The summed E-state index contributed by atoms with van der Waals surface area (Å²) in [5.41, 5.74) is 0. The Bertz CT molecular complexity index is 557. The summed E-state index contributed by atoms with van der Waals surface area (Å²) >= 11 is 0. The zero-order valence-electron chi connectivity index (χ0n) is 12.1. The first kappa shape index (κ1) is 16.2. The Morgan fingerprint density at radius 3 is 2.67 bits per heavy atom. The zero-order valence-corrected chi connectivity index (χ0v) is 12.9. The van der Waals surface area contributed by atoms with Crippen LogP contribution < -0.4 is 9.46 Å². The molecule has 1 aromatic rings. The summed E-state index contributed by atoms with van der Waals surface area (Å²) in [6.07, 6.45) is 1.76. The van der Waals surface area contributed by atoms with Crippen molar-refractivity contribution in [3.63, 3.8) is 0 Å². The van der Waals surface area contributed by atoms with Crippen LogP contribution in [0.4, 0.5) is 4.39 Å². The Labute approximate surface area is 125 Å². The number of piperidine rings is 1. The van der Waals surface area contributed by atoms with E-state index < -0.39 is 16.0 Å². The Morgan fingerprint density at radius 2 is 2.00 bits per heavy atom. The van der Waals surface area contributed by atoms with Gasteiger partial charge in [-0.05, 0) is 30.9 Å². The molecule has 1 aromatic carbocycles. The van der Waals surface area contributed by atoms with Crippen LogP contribution in [0.15, 0.2) is 24.3 Å². The average Bonchev–Trinajstić information content (AvgIpc) is 2.46. The van der Waals surface area contributed by atoms with E-state index in [-0.39, 0.29) is 18.9 Å². The fourth-order valence-electron chi connectivity index (χ4n) is 2.21. The number of halogens is 1. The van der Waals surface area contributed by atoms with Gasteiger partial charge in [0.1, 0.15) is 6.61 Å². The van der Waals surface area contributed by atoms with E-state index in [1.807, 2.05) is 0 Å². The van der Waals surface area contributed by atoms with E-state index in [4.69, 9.17) is 4.74 Å². The van der Waals surface area contributed by atoms with Gasteiger partial charge in [-0.15, -0.1) is 0 Å². The molecule has 0 radical (unpaired) electrons. The van der Waals surface area contributed by atoms with Gasteiger partial charge in [-0.1, -0.05) is 19.1 Å². The van der Waals surface area contributed by atoms with Crippen LogP contribution in [-0.2, 0) is 10.2 Å². The highest BCUT2D eigenvalue weighted by atomic mass is 32.2. The second-order valence-electron chi connectivity index (χ2n) is 5.26. The molecule has 5 nitrogen and oxygen atoms in total. The second kappa shape index (κ2) is 7.20. The lowest BCUT2D eigenvalue weighted by Crippen LogP contribution is -2.45. The number of hydrogen-bond acceptors (Lipinski definition) is 3. The first-order valence-electron chi connectivity index (χ1n) is 7.11. The lowest BCUT2D eigenvalue weighted by molar-refractivity contribution is 0.279. The number of nitrogens with one attached hydrogen (secondary N) is 1. The monoisotopic (exact) mass is 316 g/mol. The van der Waals surface area contributed by atoms with E-state index in [1.54, 1.807) is 12.1 Å². The summed E-state index contributed by atoms with van der Waals surface area (Å²) in [6, 6.07) is 6.05. The third-order valence-electron chi connectivity index (χ3n) is 3.56. The predicted octanol–water partition coefficient (Wildman–Crippen LogP) is 1.77. The maximum Gasteiger partial charge on any atom is 0.279 e. The van der Waals surface area contributed by atoms with Crippen molar-refractivity contribution in [2.24, 2.45) is 5.92 Å². The molecule has 1 aliphatic heterocycles. The van der Waals surface area contributed by atoms with Gasteiger partial charge in [0.25, 0.3) is 10.2 Å². The summed E-state index contributed by atoms with van der Waals surface area (Å²) < 4.78 is 46.6. The zero-order chi connectivity index (χ0) is 15.3. The minimum absolute atomic E-state index is 0.0877. The number of rotatable bonds is 6. The Hall–Kier alpha value is -1.18. The van der Waals surface area contributed by atoms with Gasteiger partial charge in [0, 0.05) is 19.6 Å². The molecule has 118 valence electrons. The summed E-state index contributed by atoms with van der Waals surface area (Å²) in [7, 11) is -3.46. The number of ether oxygens (including phenoxy) is 1. The number of nitrogens with zero attached hydrogens (tertiary/aromatic N) is 1. The van der Waals surface area contributed by atoms with Crippen LogP contribution in [0.2, 0.25) is 0 Å². The van der Waals surface area contributed by atoms with Crippen molar-refractivity contribution >= 4 is 10.2 Å². The summed E-state index contributed by atoms with van der Waals surface area (Å²) in [4.78, 5) is 0. The molecule has 1 fully saturated rings. The summed E-state index contributed by atoms with van der Waals surface area (Å²) in [5.74, 6) is 0.245. The topological polar surface area (TPSA) is 58.6 Å². The Kier molecular flexibility index (Phi) is 5.55. The van der Waals surface area contributed by atoms with Crippen LogP contribution >= 0.6 is 0 Å². The smallest absolute Gasteiger partial charge is 0.279 e. The Morgan fingerprint density at radius 1 is 1.33 bits per heavy atom. The third-order valence-corrected chi connectivity index (χ3v) is 5.18. The molecule has 0 aliphatic carbocycles. The molecule has 0 amide bonds. The van der Waals surface area contributed by atoms with E-state index in [0.29, 0.717) is 19.0 Å². The van der Waals surface area contributed by atoms with Gasteiger partial charge < -0.3 is 4.74 Å². The molecule has 0 bridgehead atoms. The van der Waals surface area contributed by atoms with Crippen molar-refractivity contribution < 1.29 is 17.5 Å². The number of para-hydroxylation sites is 1. The summed E-state index contributed by atoms with van der Waals surface area (Å²) in [5, 5.41) is 0. The van der Waals surface area contributed by atoms with Crippen molar-refractivity contribution in [2.45, 2.75) is 19.8 Å². The molecule has 1 N–H and O–H groups in total. The molecular formula is C14H21FN2O3S. The highest BCUT2D eigenvalue weighted by Crippen LogP contribution is 2.18. The van der Waals surface area contributed by atoms with Crippen molar-refractivity contribution in [1.29, 1.82) is 0 Å². The minimum Gasteiger partial charge on any atom is -0.489 e. The van der Waals surface area contributed by atoms with Gasteiger partial charge in [-0.3, -0.25) is 0 Å². The number of benzene rings is 1. The third kappa shape index (κ3) is 4.66. The van der Waals surface area contributed by atoms with Crippen LogP contribution in [0.3, 0.4) is 0 Å². The number of hydrogen-bond donors (Lipinski definition) is 1. The van der Waals surface area contributed by atoms with Gasteiger partial charge in [0.15, 0.2) is 11.6 Å². The normalized spacial score (nSPS) is 17.8. The lowest BCUT2D eigenvalue weighted by Gasteiger charge is -2.29. The second-order valence-corrected chi connectivity index (χ2v) is 7.02. The molecule has 0 atom stereocenters. The van der Waals surface area contributed by atoms with Crippen LogP contribution in [0.25, 0.3) is 0 Å². The highest BCUT2D eigenvalue weighted by Gasteiger charge is 2.25. The van der Waals surface area contributed by atoms with Crippen LogP contribution in [0.5, 0.6) is 5.75 Å². The molecule has 0 aromatic heterocycles. The maximum absolute atomic E-state index is 13.3. The SMILES string of the molecule is CC1CCN(S(=O)(=O)NCCOc2ccccc2F)CC1.